The third-order valence-corrected chi connectivity index (χ3v) is 3.09. The average molecular weight is 293 g/mol. The quantitative estimate of drug-likeness (QED) is 0.686. The smallest absolute Gasteiger partial charge is 0.335 e. The summed E-state index contributed by atoms with van der Waals surface area (Å²) in [6.45, 7) is 7.61. The number of nitrogens with one attached hydrogen (secondary N) is 2. The number of rotatable bonds is 8. The summed E-state index contributed by atoms with van der Waals surface area (Å²) in [6, 6.07) is 5.76. The molecule has 1 rings (SSSR count). The molecule has 3 N–H and O–H groups in total. The van der Waals surface area contributed by atoms with E-state index in [4.69, 9.17) is 5.11 Å². The van der Waals surface area contributed by atoms with Crippen LogP contribution in [-0.4, -0.2) is 48.2 Å². The first-order chi connectivity index (χ1) is 10.1. The molecule has 0 saturated carbocycles. The molecule has 0 radical (unpaired) electrons. The van der Waals surface area contributed by atoms with E-state index in [-0.39, 0.29) is 11.6 Å². The summed E-state index contributed by atoms with van der Waals surface area (Å²) in [4.78, 5) is 24.7. The predicted molar refractivity (Wildman–Crippen MR) is 82.8 cm³/mol. The summed E-state index contributed by atoms with van der Waals surface area (Å²) in [5.41, 5.74) is 0.762. The summed E-state index contributed by atoms with van der Waals surface area (Å²) in [7, 11) is 0. The molecule has 0 unspecified atom stereocenters. The Kier molecular flexibility index (Phi) is 7.25. The van der Waals surface area contributed by atoms with Crippen LogP contribution in [0.15, 0.2) is 24.3 Å². The Morgan fingerprint density at radius 1 is 1.14 bits per heavy atom. The van der Waals surface area contributed by atoms with Crippen LogP contribution in [0.25, 0.3) is 0 Å². The molecule has 0 aliphatic heterocycles. The minimum atomic E-state index is -0.985. The van der Waals surface area contributed by atoms with Crippen LogP contribution in [0.2, 0.25) is 0 Å². The number of urea groups is 1. The molecule has 116 valence electrons. The van der Waals surface area contributed by atoms with Crippen molar-refractivity contribution in [1.29, 1.82) is 0 Å². The van der Waals surface area contributed by atoms with Crippen molar-refractivity contribution < 1.29 is 14.7 Å². The number of carbonyl (C=O) groups excluding carboxylic acids is 1. The van der Waals surface area contributed by atoms with Gasteiger partial charge in [0.15, 0.2) is 0 Å². The number of carboxylic acids is 1. The zero-order valence-electron chi connectivity index (χ0n) is 12.6. The fraction of sp³-hybridized carbons (Fsp3) is 0.467. The number of carboxylic acid groups (broad SMARTS) is 1. The summed E-state index contributed by atoms with van der Waals surface area (Å²) in [5, 5.41) is 14.2. The van der Waals surface area contributed by atoms with Crippen molar-refractivity contribution in [2.75, 3.05) is 31.5 Å². The molecule has 0 spiro atoms. The van der Waals surface area contributed by atoms with E-state index in [1.165, 1.54) is 12.1 Å². The van der Waals surface area contributed by atoms with Crippen LogP contribution >= 0.6 is 0 Å². The highest BCUT2D eigenvalue weighted by Crippen LogP contribution is 2.09. The molecule has 1 aromatic carbocycles. The molecule has 2 amide bonds. The van der Waals surface area contributed by atoms with Gasteiger partial charge in [0.05, 0.1) is 5.56 Å². The minimum absolute atomic E-state index is 0.194. The molecule has 21 heavy (non-hydrogen) atoms. The monoisotopic (exact) mass is 293 g/mol. The van der Waals surface area contributed by atoms with Crippen LogP contribution in [0.4, 0.5) is 10.5 Å². The Balaban J connectivity index is 2.34. The Morgan fingerprint density at radius 3 is 2.33 bits per heavy atom. The molecule has 0 saturated heterocycles. The van der Waals surface area contributed by atoms with Gasteiger partial charge in [-0.05, 0) is 43.8 Å². The van der Waals surface area contributed by atoms with Gasteiger partial charge in [-0.3, -0.25) is 0 Å². The predicted octanol–water partition coefficient (Wildman–Crippen LogP) is 2.24. The molecule has 0 aromatic heterocycles. The highest BCUT2D eigenvalue weighted by molar-refractivity contribution is 5.91. The lowest BCUT2D eigenvalue weighted by molar-refractivity contribution is 0.0697. The lowest BCUT2D eigenvalue weighted by Gasteiger charge is -2.19. The first kappa shape index (κ1) is 17.0. The van der Waals surface area contributed by atoms with Crippen molar-refractivity contribution in [3.63, 3.8) is 0 Å². The third kappa shape index (κ3) is 6.27. The van der Waals surface area contributed by atoms with Crippen LogP contribution < -0.4 is 10.6 Å². The number of benzene rings is 1. The van der Waals surface area contributed by atoms with E-state index >= 15 is 0 Å². The Hall–Kier alpha value is -2.08. The fourth-order valence-corrected chi connectivity index (χ4v) is 1.94. The first-order valence-electron chi connectivity index (χ1n) is 7.17. The van der Waals surface area contributed by atoms with Crippen LogP contribution in [0.3, 0.4) is 0 Å². The van der Waals surface area contributed by atoms with Crippen molar-refractivity contribution in [3.05, 3.63) is 29.8 Å². The van der Waals surface area contributed by atoms with Gasteiger partial charge in [0, 0.05) is 18.8 Å². The van der Waals surface area contributed by atoms with Gasteiger partial charge < -0.3 is 20.6 Å². The largest absolute Gasteiger partial charge is 0.478 e. The van der Waals surface area contributed by atoms with Gasteiger partial charge in [-0.15, -0.1) is 0 Å². The third-order valence-electron chi connectivity index (χ3n) is 3.09. The summed E-state index contributed by atoms with van der Waals surface area (Å²) in [6.07, 6.45) is 1.09. The van der Waals surface area contributed by atoms with E-state index in [0.29, 0.717) is 12.2 Å². The molecular formula is C15H23N3O3. The molecular weight excluding hydrogens is 270 g/mol. The zero-order chi connectivity index (χ0) is 15.7. The van der Waals surface area contributed by atoms with E-state index in [2.05, 4.69) is 29.4 Å². The Bertz CT molecular complexity index is 460. The molecule has 0 bridgehead atoms. The van der Waals surface area contributed by atoms with Crippen LogP contribution in [0, 0.1) is 0 Å². The van der Waals surface area contributed by atoms with E-state index in [0.717, 1.165) is 26.1 Å². The lowest BCUT2D eigenvalue weighted by Crippen LogP contribution is -2.37. The maximum absolute atomic E-state index is 11.7. The van der Waals surface area contributed by atoms with Gasteiger partial charge in [0.25, 0.3) is 0 Å². The Morgan fingerprint density at radius 2 is 1.81 bits per heavy atom. The van der Waals surface area contributed by atoms with Crippen molar-refractivity contribution in [2.24, 2.45) is 0 Å². The second kappa shape index (κ2) is 8.97. The first-order valence-corrected chi connectivity index (χ1v) is 7.17. The maximum atomic E-state index is 11.7. The highest BCUT2D eigenvalue weighted by Gasteiger charge is 2.05. The Labute approximate surface area is 125 Å². The number of aromatic carboxylic acids is 1. The van der Waals surface area contributed by atoms with Crippen LogP contribution in [-0.2, 0) is 0 Å². The number of amides is 2. The molecule has 6 nitrogen and oxygen atoms in total. The normalized spacial score (nSPS) is 10.4. The molecule has 0 aliphatic rings. The minimum Gasteiger partial charge on any atom is -0.478 e. The second-order valence-corrected chi connectivity index (χ2v) is 4.70. The number of anilines is 1. The van der Waals surface area contributed by atoms with Gasteiger partial charge >= 0.3 is 12.0 Å². The standard InChI is InChI=1S/C15H23N3O3/c1-3-10-18(4-2)11-9-16-15(21)17-13-7-5-12(6-8-13)14(19)20/h5-8H,3-4,9-11H2,1-2H3,(H,19,20)(H2,16,17,21). The van der Waals surface area contributed by atoms with Gasteiger partial charge in [-0.25, -0.2) is 9.59 Å². The van der Waals surface area contributed by atoms with E-state index in [9.17, 15) is 9.59 Å². The van der Waals surface area contributed by atoms with Gasteiger partial charge in [0.2, 0.25) is 0 Å². The number of nitrogens with zero attached hydrogens (tertiary/aromatic N) is 1. The number of hydrogen-bond donors (Lipinski definition) is 3. The number of likely N-dealkylation sites (N-methyl/N-ethyl adjacent to an activating group) is 1. The second-order valence-electron chi connectivity index (χ2n) is 4.70. The summed E-state index contributed by atoms with van der Waals surface area (Å²) in [5.74, 6) is -0.985. The molecule has 6 heteroatoms. The lowest BCUT2D eigenvalue weighted by atomic mass is 10.2. The van der Waals surface area contributed by atoms with Crippen molar-refractivity contribution >= 4 is 17.7 Å². The van der Waals surface area contributed by atoms with Gasteiger partial charge in [-0.1, -0.05) is 13.8 Å². The topological polar surface area (TPSA) is 81.7 Å². The van der Waals surface area contributed by atoms with Crippen LogP contribution in [0.1, 0.15) is 30.6 Å². The van der Waals surface area contributed by atoms with E-state index in [1.807, 2.05) is 0 Å². The van der Waals surface area contributed by atoms with E-state index in [1.54, 1.807) is 12.1 Å². The van der Waals surface area contributed by atoms with Crippen LogP contribution in [0.5, 0.6) is 0 Å². The summed E-state index contributed by atoms with van der Waals surface area (Å²) >= 11 is 0. The number of carbonyl (C=O) groups is 2. The maximum Gasteiger partial charge on any atom is 0.335 e. The van der Waals surface area contributed by atoms with Crippen molar-refractivity contribution in [2.45, 2.75) is 20.3 Å². The highest BCUT2D eigenvalue weighted by atomic mass is 16.4. The zero-order valence-corrected chi connectivity index (χ0v) is 12.6. The molecule has 0 fully saturated rings. The number of hydrogen-bond acceptors (Lipinski definition) is 3. The molecule has 1 aromatic rings. The summed E-state index contributed by atoms with van der Waals surface area (Å²) < 4.78 is 0. The van der Waals surface area contributed by atoms with Gasteiger partial charge in [0.1, 0.15) is 0 Å². The van der Waals surface area contributed by atoms with E-state index < -0.39 is 5.97 Å². The molecule has 0 aliphatic carbocycles. The SMILES string of the molecule is CCCN(CC)CCNC(=O)Nc1ccc(C(=O)O)cc1. The molecule has 0 heterocycles. The molecule has 0 atom stereocenters. The average Bonchev–Trinajstić information content (AvgIpc) is 2.46. The van der Waals surface area contributed by atoms with Crippen molar-refractivity contribution in [3.8, 4) is 0 Å². The fourth-order valence-electron chi connectivity index (χ4n) is 1.94. The van der Waals surface area contributed by atoms with Crippen molar-refractivity contribution in [1.82, 2.24) is 10.2 Å². The van der Waals surface area contributed by atoms with Gasteiger partial charge in [-0.2, -0.15) is 0 Å².